The molecule has 0 aromatic carbocycles. The standard InChI is InChI=1S/C14H22N2O3S/c1-3-19-13(17)7-11-12(20-14(18)15-11)9-16-6-4-5-10(2)8-16/h10H,3-9H2,1-2H3,(H,15,18). The summed E-state index contributed by atoms with van der Waals surface area (Å²) in [5.41, 5.74) is 0.719. The van der Waals surface area contributed by atoms with Crippen LogP contribution in [-0.4, -0.2) is 35.5 Å². The highest BCUT2D eigenvalue weighted by Crippen LogP contribution is 2.20. The molecule has 20 heavy (non-hydrogen) atoms. The fourth-order valence-electron chi connectivity index (χ4n) is 2.65. The molecule has 0 aliphatic carbocycles. The Morgan fingerprint density at radius 3 is 3.05 bits per heavy atom. The Morgan fingerprint density at radius 1 is 1.55 bits per heavy atom. The minimum atomic E-state index is -0.283. The number of esters is 1. The molecule has 2 rings (SSSR count). The molecule has 1 saturated heterocycles. The summed E-state index contributed by atoms with van der Waals surface area (Å²) in [5, 5.41) is 0. The van der Waals surface area contributed by atoms with Crippen molar-refractivity contribution in [1.29, 1.82) is 0 Å². The van der Waals surface area contributed by atoms with Crippen molar-refractivity contribution in [3.63, 3.8) is 0 Å². The minimum absolute atomic E-state index is 0.0932. The van der Waals surface area contributed by atoms with E-state index in [-0.39, 0.29) is 17.3 Å². The second-order valence-corrected chi connectivity index (χ2v) is 6.45. The lowest BCUT2D eigenvalue weighted by Gasteiger charge is -2.30. The van der Waals surface area contributed by atoms with Gasteiger partial charge in [0, 0.05) is 23.7 Å². The molecular formula is C14H22N2O3S. The number of aromatic nitrogens is 1. The van der Waals surface area contributed by atoms with E-state index in [9.17, 15) is 9.59 Å². The first kappa shape index (κ1) is 15.3. The number of carbonyl (C=O) groups is 1. The first-order valence-electron chi connectivity index (χ1n) is 7.17. The summed E-state index contributed by atoms with van der Waals surface area (Å²) in [7, 11) is 0. The Balaban J connectivity index is 2.03. The second-order valence-electron chi connectivity index (χ2n) is 5.38. The number of nitrogens with zero attached hydrogens (tertiary/aromatic N) is 1. The molecule has 0 radical (unpaired) electrons. The molecule has 0 saturated carbocycles. The summed E-state index contributed by atoms with van der Waals surface area (Å²) < 4.78 is 4.95. The van der Waals surface area contributed by atoms with Crippen LogP contribution in [0.15, 0.2) is 4.79 Å². The lowest BCUT2D eigenvalue weighted by molar-refractivity contribution is -0.142. The van der Waals surface area contributed by atoms with Gasteiger partial charge in [0.05, 0.1) is 13.0 Å². The third-order valence-corrected chi connectivity index (χ3v) is 4.45. The van der Waals surface area contributed by atoms with Crippen LogP contribution in [0.4, 0.5) is 0 Å². The van der Waals surface area contributed by atoms with Crippen molar-refractivity contribution in [3.8, 4) is 0 Å². The van der Waals surface area contributed by atoms with Crippen LogP contribution < -0.4 is 4.87 Å². The van der Waals surface area contributed by atoms with Gasteiger partial charge in [-0.05, 0) is 32.2 Å². The number of hydrogen-bond donors (Lipinski definition) is 1. The Labute approximate surface area is 122 Å². The van der Waals surface area contributed by atoms with Gasteiger partial charge in [0.15, 0.2) is 0 Å². The van der Waals surface area contributed by atoms with E-state index >= 15 is 0 Å². The fourth-order valence-corrected chi connectivity index (χ4v) is 3.54. The number of H-pyrrole nitrogens is 1. The molecule has 1 fully saturated rings. The van der Waals surface area contributed by atoms with Crippen LogP contribution in [0.2, 0.25) is 0 Å². The molecule has 1 aliphatic rings. The van der Waals surface area contributed by atoms with E-state index in [1.807, 2.05) is 0 Å². The van der Waals surface area contributed by atoms with Crippen molar-refractivity contribution in [1.82, 2.24) is 9.88 Å². The van der Waals surface area contributed by atoms with E-state index in [4.69, 9.17) is 4.74 Å². The fraction of sp³-hybridized carbons (Fsp3) is 0.714. The summed E-state index contributed by atoms with van der Waals surface area (Å²) in [4.78, 5) is 29.1. The van der Waals surface area contributed by atoms with Gasteiger partial charge in [0.25, 0.3) is 0 Å². The van der Waals surface area contributed by atoms with Crippen molar-refractivity contribution in [3.05, 3.63) is 20.2 Å². The quantitative estimate of drug-likeness (QED) is 0.842. The van der Waals surface area contributed by atoms with E-state index in [0.29, 0.717) is 12.5 Å². The van der Waals surface area contributed by atoms with Gasteiger partial charge in [-0.25, -0.2) is 0 Å². The average Bonchev–Trinajstić information content (AvgIpc) is 2.69. The summed E-state index contributed by atoms with van der Waals surface area (Å²) in [6.07, 6.45) is 2.63. The number of ether oxygens (including phenoxy) is 1. The highest BCUT2D eigenvalue weighted by atomic mass is 32.1. The molecule has 6 heteroatoms. The number of rotatable bonds is 5. The molecule has 1 unspecified atom stereocenters. The first-order chi connectivity index (χ1) is 9.58. The predicted molar refractivity (Wildman–Crippen MR) is 79.0 cm³/mol. The Kier molecular flexibility index (Phi) is 5.37. The molecule has 2 heterocycles. The molecule has 0 bridgehead atoms. The Hall–Kier alpha value is -1.14. The summed E-state index contributed by atoms with van der Waals surface area (Å²) >= 11 is 1.21. The maximum Gasteiger partial charge on any atom is 0.311 e. The maximum atomic E-state index is 11.6. The van der Waals surface area contributed by atoms with Crippen molar-refractivity contribution in [2.75, 3.05) is 19.7 Å². The third-order valence-electron chi connectivity index (χ3n) is 3.54. The molecule has 1 aromatic heterocycles. The van der Waals surface area contributed by atoms with Gasteiger partial charge in [-0.3, -0.25) is 14.5 Å². The van der Waals surface area contributed by atoms with Gasteiger partial charge in [0.2, 0.25) is 0 Å². The van der Waals surface area contributed by atoms with E-state index in [0.717, 1.165) is 30.2 Å². The van der Waals surface area contributed by atoms with Crippen molar-refractivity contribution in [2.45, 2.75) is 39.7 Å². The van der Waals surface area contributed by atoms with Gasteiger partial charge in [-0.2, -0.15) is 0 Å². The molecule has 1 aliphatic heterocycles. The number of thiazole rings is 1. The monoisotopic (exact) mass is 298 g/mol. The van der Waals surface area contributed by atoms with Crippen molar-refractivity contribution < 1.29 is 9.53 Å². The topological polar surface area (TPSA) is 62.4 Å². The van der Waals surface area contributed by atoms with Crippen LogP contribution in [0.25, 0.3) is 0 Å². The lowest BCUT2D eigenvalue weighted by atomic mass is 10.0. The highest BCUT2D eigenvalue weighted by Gasteiger charge is 2.20. The maximum absolute atomic E-state index is 11.6. The number of carbonyl (C=O) groups excluding carboxylic acids is 1. The SMILES string of the molecule is CCOC(=O)Cc1[nH]c(=O)sc1CN1CCCC(C)C1. The zero-order valence-corrected chi connectivity index (χ0v) is 12.9. The number of likely N-dealkylation sites (tertiary alicyclic amines) is 1. The van der Waals surface area contributed by atoms with Crippen LogP contribution in [0, 0.1) is 5.92 Å². The Bertz CT molecular complexity index is 509. The summed E-state index contributed by atoms with van der Waals surface area (Å²) in [6.45, 7) is 7.28. The van der Waals surface area contributed by atoms with Crippen LogP contribution in [0.3, 0.4) is 0 Å². The van der Waals surface area contributed by atoms with E-state index in [2.05, 4.69) is 16.8 Å². The van der Waals surface area contributed by atoms with Crippen molar-refractivity contribution in [2.24, 2.45) is 5.92 Å². The van der Waals surface area contributed by atoms with Crippen LogP contribution in [-0.2, 0) is 22.5 Å². The third kappa shape index (κ3) is 4.18. The molecule has 0 spiro atoms. The van der Waals surface area contributed by atoms with Crippen LogP contribution >= 0.6 is 11.3 Å². The zero-order valence-electron chi connectivity index (χ0n) is 12.1. The van der Waals surface area contributed by atoms with Gasteiger partial charge in [-0.1, -0.05) is 18.3 Å². The smallest absolute Gasteiger partial charge is 0.311 e. The van der Waals surface area contributed by atoms with Crippen LogP contribution in [0.5, 0.6) is 0 Å². The Morgan fingerprint density at radius 2 is 2.35 bits per heavy atom. The zero-order chi connectivity index (χ0) is 14.5. The average molecular weight is 298 g/mol. The first-order valence-corrected chi connectivity index (χ1v) is 7.99. The van der Waals surface area contributed by atoms with Gasteiger partial charge in [-0.15, -0.1) is 0 Å². The molecular weight excluding hydrogens is 276 g/mol. The number of aromatic amines is 1. The minimum Gasteiger partial charge on any atom is -0.466 e. The number of piperidine rings is 1. The molecule has 1 aromatic rings. The molecule has 1 N–H and O–H groups in total. The largest absolute Gasteiger partial charge is 0.466 e. The van der Waals surface area contributed by atoms with Crippen molar-refractivity contribution >= 4 is 17.3 Å². The molecule has 112 valence electrons. The van der Waals surface area contributed by atoms with E-state index < -0.39 is 0 Å². The number of hydrogen-bond acceptors (Lipinski definition) is 5. The molecule has 0 amide bonds. The van der Waals surface area contributed by atoms with Gasteiger partial charge >= 0.3 is 10.8 Å². The summed E-state index contributed by atoms with van der Waals surface area (Å²) in [6, 6.07) is 0. The van der Waals surface area contributed by atoms with E-state index in [1.165, 1.54) is 24.2 Å². The van der Waals surface area contributed by atoms with Gasteiger partial charge < -0.3 is 9.72 Å². The van der Waals surface area contributed by atoms with Gasteiger partial charge in [0.1, 0.15) is 0 Å². The molecule has 5 nitrogen and oxygen atoms in total. The predicted octanol–water partition coefficient (Wildman–Crippen LogP) is 1.77. The van der Waals surface area contributed by atoms with E-state index in [1.54, 1.807) is 6.92 Å². The number of nitrogens with one attached hydrogen (secondary N) is 1. The lowest BCUT2D eigenvalue weighted by Crippen LogP contribution is -2.33. The normalized spacial score (nSPS) is 20.0. The second kappa shape index (κ2) is 7.04. The highest BCUT2D eigenvalue weighted by molar-refractivity contribution is 7.09. The summed E-state index contributed by atoms with van der Waals surface area (Å²) in [5.74, 6) is 0.419. The van der Waals surface area contributed by atoms with Crippen LogP contribution in [0.1, 0.15) is 37.3 Å². The molecule has 1 atom stereocenters.